The molecule has 4 nitrogen and oxygen atoms in total. The summed E-state index contributed by atoms with van der Waals surface area (Å²) in [6.07, 6.45) is 1.62. The van der Waals surface area contributed by atoms with E-state index in [0.717, 1.165) is 11.1 Å². The van der Waals surface area contributed by atoms with Gasteiger partial charge in [-0.05, 0) is 23.8 Å². The molecule has 0 aliphatic rings. The van der Waals surface area contributed by atoms with Gasteiger partial charge in [0.15, 0.2) is 11.5 Å². The van der Waals surface area contributed by atoms with E-state index < -0.39 is 0 Å². The number of hydrogen-bond donors (Lipinski definition) is 0. The second-order valence-corrected chi connectivity index (χ2v) is 4.10. The van der Waals surface area contributed by atoms with Gasteiger partial charge in [0.25, 0.3) is 0 Å². The van der Waals surface area contributed by atoms with E-state index in [1.165, 1.54) is 0 Å². The van der Waals surface area contributed by atoms with Gasteiger partial charge in [-0.3, -0.25) is 0 Å². The highest BCUT2D eigenvalue weighted by atomic mass is 35.5. The van der Waals surface area contributed by atoms with Crippen molar-refractivity contribution in [2.75, 3.05) is 14.2 Å². The van der Waals surface area contributed by atoms with E-state index in [-0.39, 0.29) is 5.15 Å². The van der Waals surface area contributed by atoms with Crippen LogP contribution in [-0.2, 0) is 0 Å². The Hall–Kier alpha value is -2.25. The molecular formula is C14H11ClN2O2. The van der Waals surface area contributed by atoms with Crippen LogP contribution in [0.2, 0.25) is 5.15 Å². The Kier molecular flexibility index (Phi) is 3.88. The predicted octanol–water partition coefficient (Wildman–Crippen LogP) is 3.29. The number of halogens is 1. The largest absolute Gasteiger partial charge is 0.493 e. The topological polar surface area (TPSA) is 55.1 Å². The molecule has 5 heteroatoms. The number of aromatic nitrogens is 1. The first-order chi connectivity index (χ1) is 9.19. The third kappa shape index (κ3) is 2.61. The molecule has 0 amide bonds. The summed E-state index contributed by atoms with van der Waals surface area (Å²) in [5.41, 5.74) is 2.01. The molecule has 0 saturated heterocycles. The number of rotatable bonds is 3. The van der Waals surface area contributed by atoms with Crippen LogP contribution in [0.25, 0.3) is 11.1 Å². The van der Waals surface area contributed by atoms with Crippen LogP contribution in [0.3, 0.4) is 0 Å². The second kappa shape index (κ2) is 5.59. The number of methoxy groups -OCH3 is 2. The molecule has 19 heavy (non-hydrogen) atoms. The van der Waals surface area contributed by atoms with Crippen molar-refractivity contribution in [3.05, 3.63) is 41.2 Å². The van der Waals surface area contributed by atoms with Crippen LogP contribution in [0.15, 0.2) is 30.5 Å². The van der Waals surface area contributed by atoms with Crippen molar-refractivity contribution >= 4 is 11.6 Å². The van der Waals surface area contributed by atoms with E-state index in [0.29, 0.717) is 17.1 Å². The third-order valence-corrected chi connectivity index (χ3v) is 2.98. The Morgan fingerprint density at radius 2 is 1.84 bits per heavy atom. The van der Waals surface area contributed by atoms with E-state index in [1.807, 2.05) is 18.2 Å². The average molecular weight is 275 g/mol. The molecule has 0 atom stereocenters. The maximum Gasteiger partial charge on any atom is 0.161 e. The van der Waals surface area contributed by atoms with Crippen molar-refractivity contribution in [2.24, 2.45) is 0 Å². The fourth-order valence-corrected chi connectivity index (χ4v) is 1.85. The Morgan fingerprint density at radius 3 is 2.47 bits per heavy atom. The van der Waals surface area contributed by atoms with Gasteiger partial charge in [0.2, 0.25) is 0 Å². The van der Waals surface area contributed by atoms with Gasteiger partial charge in [-0.2, -0.15) is 5.26 Å². The highest BCUT2D eigenvalue weighted by Crippen LogP contribution is 2.32. The molecule has 1 heterocycles. The molecule has 0 spiro atoms. The second-order valence-electron chi connectivity index (χ2n) is 3.74. The monoisotopic (exact) mass is 274 g/mol. The van der Waals surface area contributed by atoms with Crippen LogP contribution < -0.4 is 9.47 Å². The molecule has 0 aliphatic carbocycles. The zero-order chi connectivity index (χ0) is 13.8. The van der Waals surface area contributed by atoms with Crippen LogP contribution in [0.4, 0.5) is 0 Å². The minimum Gasteiger partial charge on any atom is -0.493 e. The van der Waals surface area contributed by atoms with E-state index >= 15 is 0 Å². The first-order valence-electron chi connectivity index (χ1n) is 5.47. The Morgan fingerprint density at radius 1 is 1.11 bits per heavy atom. The van der Waals surface area contributed by atoms with Gasteiger partial charge in [0, 0.05) is 11.8 Å². The van der Waals surface area contributed by atoms with Gasteiger partial charge in [0.1, 0.15) is 11.2 Å². The molecule has 2 aromatic rings. The number of nitrogens with zero attached hydrogens (tertiary/aromatic N) is 2. The minimum atomic E-state index is 0.201. The first-order valence-corrected chi connectivity index (χ1v) is 5.85. The Bertz CT molecular complexity index is 650. The highest BCUT2D eigenvalue weighted by Gasteiger charge is 2.08. The SMILES string of the molecule is COc1ccc(-c2cnc(Cl)c(C#N)c2)cc1OC. The van der Waals surface area contributed by atoms with Crippen molar-refractivity contribution in [3.8, 4) is 28.7 Å². The van der Waals surface area contributed by atoms with Gasteiger partial charge in [0.05, 0.1) is 19.8 Å². The summed E-state index contributed by atoms with van der Waals surface area (Å²) in [5.74, 6) is 1.27. The van der Waals surface area contributed by atoms with Crippen molar-refractivity contribution in [1.29, 1.82) is 5.26 Å². The van der Waals surface area contributed by atoms with Gasteiger partial charge in [-0.25, -0.2) is 4.98 Å². The van der Waals surface area contributed by atoms with Crippen molar-refractivity contribution in [3.63, 3.8) is 0 Å². The summed E-state index contributed by atoms with van der Waals surface area (Å²) in [4.78, 5) is 4.00. The fraction of sp³-hybridized carbons (Fsp3) is 0.143. The molecule has 0 unspecified atom stereocenters. The summed E-state index contributed by atoms with van der Waals surface area (Å²) < 4.78 is 10.4. The van der Waals surface area contributed by atoms with E-state index in [1.54, 1.807) is 32.5 Å². The summed E-state index contributed by atoms with van der Waals surface area (Å²) >= 11 is 5.81. The number of benzene rings is 1. The third-order valence-electron chi connectivity index (χ3n) is 2.68. The highest BCUT2D eigenvalue weighted by molar-refractivity contribution is 6.30. The van der Waals surface area contributed by atoms with Crippen LogP contribution in [-0.4, -0.2) is 19.2 Å². The molecule has 1 aromatic heterocycles. The predicted molar refractivity (Wildman–Crippen MR) is 72.5 cm³/mol. The molecule has 0 fully saturated rings. The van der Waals surface area contributed by atoms with E-state index in [4.69, 9.17) is 26.3 Å². The molecule has 1 aromatic carbocycles. The molecule has 0 bridgehead atoms. The quantitative estimate of drug-likeness (QED) is 0.806. The standard InChI is InChI=1S/C14H11ClN2O2/c1-18-12-4-3-9(6-13(12)19-2)11-5-10(7-16)14(15)17-8-11/h3-6,8H,1-2H3. The summed E-state index contributed by atoms with van der Waals surface area (Å²) in [7, 11) is 3.15. The number of pyridine rings is 1. The van der Waals surface area contributed by atoms with E-state index in [2.05, 4.69) is 4.98 Å². The lowest BCUT2D eigenvalue weighted by atomic mass is 10.1. The molecule has 0 aliphatic heterocycles. The molecular weight excluding hydrogens is 264 g/mol. The fourth-order valence-electron chi connectivity index (χ4n) is 1.70. The number of nitriles is 1. The zero-order valence-electron chi connectivity index (χ0n) is 10.5. The normalized spacial score (nSPS) is 9.79. The molecule has 0 radical (unpaired) electrons. The minimum absolute atomic E-state index is 0.201. The van der Waals surface area contributed by atoms with Crippen molar-refractivity contribution < 1.29 is 9.47 Å². The Labute approximate surface area is 116 Å². The lowest BCUT2D eigenvalue weighted by Gasteiger charge is -2.09. The van der Waals surface area contributed by atoms with Crippen molar-refractivity contribution in [1.82, 2.24) is 4.98 Å². The summed E-state index contributed by atoms with van der Waals surface area (Å²) in [6, 6.07) is 9.19. The zero-order valence-corrected chi connectivity index (χ0v) is 11.2. The smallest absolute Gasteiger partial charge is 0.161 e. The van der Waals surface area contributed by atoms with Gasteiger partial charge >= 0.3 is 0 Å². The summed E-state index contributed by atoms with van der Waals surface area (Å²) in [5, 5.41) is 9.15. The molecule has 0 saturated carbocycles. The van der Waals surface area contributed by atoms with Crippen LogP contribution >= 0.6 is 11.6 Å². The lowest BCUT2D eigenvalue weighted by Crippen LogP contribution is -1.91. The number of ether oxygens (including phenoxy) is 2. The maximum atomic E-state index is 8.95. The molecule has 2 rings (SSSR count). The van der Waals surface area contributed by atoms with Crippen LogP contribution in [0.1, 0.15) is 5.56 Å². The Balaban J connectivity index is 2.50. The molecule has 96 valence electrons. The van der Waals surface area contributed by atoms with Crippen LogP contribution in [0, 0.1) is 11.3 Å². The first kappa shape index (κ1) is 13.2. The molecule has 0 N–H and O–H groups in total. The van der Waals surface area contributed by atoms with Gasteiger partial charge < -0.3 is 9.47 Å². The van der Waals surface area contributed by atoms with Crippen molar-refractivity contribution in [2.45, 2.75) is 0 Å². The van der Waals surface area contributed by atoms with Gasteiger partial charge in [-0.1, -0.05) is 17.7 Å². The van der Waals surface area contributed by atoms with Gasteiger partial charge in [-0.15, -0.1) is 0 Å². The number of hydrogen-bond acceptors (Lipinski definition) is 4. The maximum absolute atomic E-state index is 8.95. The summed E-state index contributed by atoms with van der Waals surface area (Å²) in [6.45, 7) is 0. The van der Waals surface area contributed by atoms with E-state index in [9.17, 15) is 0 Å². The lowest BCUT2D eigenvalue weighted by molar-refractivity contribution is 0.355. The average Bonchev–Trinajstić information content (AvgIpc) is 2.47. The van der Waals surface area contributed by atoms with Crippen LogP contribution in [0.5, 0.6) is 11.5 Å².